The molecule has 4 rings (SSSR count). The molecule has 0 spiro atoms. The Balaban J connectivity index is 1.37. The molecule has 4 N–H and O–H groups in total. The van der Waals surface area contributed by atoms with Gasteiger partial charge in [-0.25, -0.2) is 4.79 Å². The normalized spacial score (nSPS) is 16.4. The summed E-state index contributed by atoms with van der Waals surface area (Å²) in [6, 6.07) is 13.5. The van der Waals surface area contributed by atoms with Crippen LogP contribution in [0.1, 0.15) is 43.5 Å². The van der Waals surface area contributed by atoms with Crippen molar-refractivity contribution in [2.45, 2.75) is 39.2 Å². The van der Waals surface area contributed by atoms with Crippen molar-refractivity contribution >= 4 is 33.7 Å². The quantitative estimate of drug-likeness (QED) is 0.414. The first-order valence-corrected chi connectivity index (χ1v) is 12.0. The van der Waals surface area contributed by atoms with Crippen LogP contribution >= 0.6 is 0 Å². The van der Waals surface area contributed by atoms with Crippen molar-refractivity contribution in [1.82, 2.24) is 20.9 Å². The van der Waals surface area contributed by atoms with E-state index in [0.29, 0.717) is 24.6 Å². The Morgan fingerprint density at radius 2 is 1.82 bits per heavy atom. The molecule has 3 amide bonds. The predicted molar refractivity (Wildman–Crippen MR) is 131 cm³/mol. The van der Waals surface area contributed by atoms with Crippen molar-refractivity contribution in [1.29, 1.82) is 0 Å². The molecular weight excluding hydrogens is 416 g/mol. The van der Waals surface area contributed by atoms with Gasteiger partial charge in [-0.3, -0.25) is 4.79 Å². The maximum atomic E-state index is 13.1. The van der Waals surface area contributed by atoms with E-state index in [1.54, 1.807) is 0 Å². The lowest BCUT2D eigenvalue weighted by Gasteiger charge is -2.26. The van der Waals surface area contributed by atoms with Gasteiger partial charge in [0.25, 0.3) is 5.91 Å². The van der Waals surface area contributed by atoms with Gasteiger partial charge in [-0.15, -0.1) is 0 Å². The molecule has 1 unspecified atom stereocenters. The zero-order valence-electron chi connectivity index (χ0n) is 19.4. The number of aromatic amines is 1. The van der Waals surface area contributed by atoms with Crippen LogP contribution in [0, 0.1) is 11.8 Å². The van der Waals surface area contributed by atoms with E-state index in [-0.39, 0.29) is 23.9 Å². The van der Waals surface area contributed by atoms with E-state index >= 15 is 0 Å². The van der Waals surface area contributed by atoms with Gasteiger partial charge in [-0.1, -0.05) is 38.5 Å². The van der Waals surface area contributed by atoms with Gasteiger partial charge in [-0.2, -0.15) is 0 Å². The maximum absolute atomic E-state index is 13.1. The van der Waals surface area contributed by atoms with Crippen LogP contribution < -0.4 is 16.0 Å². The Kier molecular flexibility index (Phi) is 7.50. The lowest BCUT2D eigenvalue weighted by atomic mass is 9.98. The average Bonchev–Trinajstić information content (AvgIpc) is 3.23. The third-order valence-corrected chi connectivity index (χ3v) is 6.79. The summed E-state index contributed by atoms with van der Waals surface area (Å²) in [4.78, 5) is 28.8. The average molecular weight is 451 g/mol. The number of benzene rings is 2. The fourth-order valence-corrected chi connectivity index (χ4v) is 4.37. The van der Waals surface area contributed by atoms with Gasteiger partial charge in [0.05, 0.1) is 0 Å². The summed E-state index contributed by atoms with van der Waals surface area (Å²) in [5.74, 6) is 0.562. The summed E-state index contributed by atoms with van der Waals surface area (Å²) in [5, 5.41) is 11.2. The molecule has 2 heterocycles. The number of nitrogens with one attached hydrogen (secondary N) is 4. The van der Waals surface area contributed by atoms with E-state index in [1.807, 2.05) is 36.4 Å². The molecule has 2 atom stereocenters. The number of H-pyrrole nitrogens is 1. The van der Waals surface area contributed by atoms with E-state index < -0.39 is 0 Å². The van der Waals surface area contributed by atoms with Gasteiger partial charge in [0.15, 0.2) is 0 Å². The summed E-state index contributed by atoms with van der Waals surface area (Å²) >= 11 is 0. The van der Waals surface area contributed by atoms with Crippen LogP contribution in [0.4, 0.5) is 4.79 Å². The fraction of sp³-hybridized carbons (Fsp3) is 0.462. The number of amides is 3. The number of urea groups is 1. The number of para-hydroxylation sites is 1. The zero-order chi connectivity index (χ0) is 23.2. The minimum absolute atomic E-state index is 0.128. The summed E-state index contributed by atoms with van der Waals surface area (Å²) in [6.07, 6.45) is 2.86. The highest BCUT2D eigenvalue weighted by atomic mass is 16.5. The van der Waals surface area contributed by atoms with Crippen LogP contribution in [-0.4, -0.2) is 49.3 Å². The largest absolute Gasteiger partial charge is 0.381 e. The summed E-state index contributed by atoms with van der Waals surface area (Å²) in [7, 11) is 0. The standard InChI is InChI=1S/C26H34N4O3/c1-3-17(2)24(16-28-26(32)27-15-18-10-12-33-13-11-18)30-25(31)19-8-9-23-21(14-19)20-6-4-5-7-22(20)29-23/h4-9,14,17-18,24,29H,3,10-13,15-16H2,1-2H3,(H,30,31)(H2,27,28,32)/t17?,24-/m1/s1. The Morgan fingerprint density at radius 1 is 1.06 bits per heavy atom. The van der Waals surface area contributed by atoms with Crippen molar-refractivity contribution < 1.29 is 14.3 Å². The molecule has 0 saturated carbocycles. The SMILES string of the molecule is CCC(C)[C@@H](CNC(=O)NCC1CCOCC1)NC(=O)c1ccc2[nH]c3ccccc3c2c1. The second-order valence-corrected chi connectivity index (χ2v) is 9.04. The minimum atomic E-state index is -0.191. The molecule has 7 nitrogen and oxygen atoms in total. The summed E-state index contributed by atoms with van der Waals surface area (Å²) in [6.45, 7) is 6.75. The Hall–Kier alpha value is -3.06. The van der Waals surface area contributed by atoms with E-state index in [2.05, 4.69) is 40.8 Å². The number of carbonyl (C=O) groups excluding carboxylic acids is 2. The van der Waals surface area contributed by atoms with Crippen LogP contribution in [0.15, 0.2) is 42.5 Å². The van der Waals surface area contributed by atoms with Crippen LogP contribution in [-0.2, 0) is 4.74 Å². The topological polar surface area (TPSA) is 95.2 Å². The number of hydrogen-bond donors (Lipinski definition) is 4. The second kappa shape index (κ2) is 10.7. The van der Waals surface area contributed by atoms with Crippen molar-refractivity contribution in [3.8, 4) is 0 Å². The second-order valence-electron chi connectivity index (χ2n) is 9.04. The highest BCUT2D eigenvalue weighted by Crippen LogP contribution is 2.26. The smallest absolute Gasteiger partial charge is 0.314 e. The third kappa shape index (κ3) is 5.66. The lowest BCUT2D eigenvalue weighted by molar-refractivity contribution is 0.0669. The molecule has 0 bridgehead atoms. The van der Waals surface area contributed by atoms with Crippen LogP contribution in [0.25, 0.3) is 21.8 Å². The monoisotopic (exact) mass is 450 g/mol. The molecule has 2 aromatic carbocycles. The first kappa shape index (κ1) is 23.1. The molecule has 1 saturated heterocycles. The lowest BCUT2D eigenvalue weighted by Crippen LogP contribution is -2.49. The van der Waals surface area contributed by atoms with Gasteiger partial charge in [0.1, 0.15) is 0 Å². The van der Waals surface area contributed by atoms with E-state index in [4.69, 9.17) is 4.74 Å². The highest BCUT2D eigenvalue weighted by molar-refractivity contribution is 6.10. The molecule has 1 fully saturated rings. The van der Waals surface area contributed by atoms with Crippen molar-refractivity contribution in [2.24, 2.45) is 11.8 Å². The fourth-order valence-electron chi connectivity index (χ4n) is 4.37. The molecule has 176 valence electrons. The Labute approximate surface area is 194 Å². The number of fused-ring (bicyclic) bond motifs is 3. The van der Waals surface area contributed by atoms with E-state index in [1.165, 1.54) is 0 Å². The number of ether oxygens (including phenoxy) is 1. The first-order valence-electron chi connectivity index (χ1n) is 12.0. The molecule has 1 aliphatic heterocycles. The zero-order valence-corrected chi connectivity index (χ0v) is 19.4. The first-order chi connectivity index (χ1) is 16.0. The molecule has 7 heteroatoms. The van der Waals surface area contributed by atoms with Crippen LogP contribution in [0.5, 0.6) is 0 Å². The number of aromatic nitrogens is 1. The van der Waals surface area contributed by atoms with Gasteiger partial charge < -0.3 is 25.7 Å². The van der Waals surface area contributed by atoms with E-state index in [0.717, 1.165) is 54.3 Å². The Morgan fingerprint density at radius 3 is 2.61 bits per heavy atom. The Bertz CT molecular complexity index is 1100. The van der Waals surface area contributed by atoms with Crippen LogP contribution in [0.2, 0.25) is 0 Å². The molecule has 0 aliphatic carbocycles. The molecular formula is C26H34N4O3. The highest BCUT2D eigenvalue weighted by Gasteiger charge is 2.21. The molecule has 1 aromatic heterocycles. The van der Waals surface area contributed by atoms with Gasteiger partial charge in [-0.05, 0) is 48.9 Å². The third-order valence-electron chi connectivity index (χ3n) is 6.79. The predicted octanol–water partition coefficient (Wildman–Crippen LogP) is 4.19. The van der Waals surface area contributed by atoms with Gasteiger partial charge in [0.2, 0.25) is 0 Å². The molecule has 33 heavy (non-hydrogen) atoms. The minimum Gasteiger partial charge on any atom is -0.381 e. The number of carbonyl (C=O) groups is 2. The summed E-state index contributed by atoms with van der Waals surface area (Å²) < 4.78 is 5.37. The maximum Gasteiger partial charge on any atom is 0.314 e. The number of hydrogen-bond acceptors (Lipinski definition) is 3. The van der Waals surface area contributed by atoms with Crippen molar-refractivity contribution in [3.63, 3.8) is 0 Å². The summed E-state index contributed by atoms with van der Waals surface area (Å²) in [5.41, 5.74) is 2.68. The molecule has 3 aromatic rings. The molecule has 1 aliphatic rings. The van der Waals surface area contributed by atoms with Crippen molar-refractivity contribution in [2.75, 3.05) is 26.3 Å². The van der Waals surface area contributed by atoms with E-state index in [9.17, 15) is 9.59 Å². The number of rotatable bonds is 8. The van der Waals surface area contributed by atoms with Crippen molar-refractivity contribution in [3.05, 3.63) is 48.0 Å². The van der Waals surface area contributed by atoms with Gasteiger partial charge >= 0.3 is 6.03 Å². The van der Waals surface area contributed by atoms with Crippen LogP contribution in [0.3, 0.4) is 0 Å². The van der Waals surface area contributed by atoms with Gasteiger partial charge in [0, 0.05) is 59.7 Å². The molecule has 0 radical (unpaired) electrons.